The van der Waals surface area contributed by atoms with Crippen LogP contribution in [0.4, 0.5) is 11.4 Å². The lowest BCUT2D eigenvalue weighted by molar-refractivity contribution is -0.116. The molecule has 1 aliphatic rings. The van der Waals surface area contributed by atoms with E-state index in [1.807, 2.05) is 24.3 Å². The summed E-state index contributed by atoms with van der Waals surface area (Å²) in [6, 6.07) is 13.2. The van der Waals surface area contributed by atoms with Crippen molar-refractivity contribution in [2.24, 2.45) is 0 Å². The Morgan fingerprint density at radius 2 is 1.93 bits per heavy atom. The predicted octanol–water partition coefficient (Wildman–Crippen LogP) is 4.59. The SMILES string of the molecule is COc1ccc(N)c(NC(=O)CCc2cccc(OC3CCCC3)c2)c1.Cl. The number of nitrogen functional groups attached to an aromatic ring is 1. The second-order valence-electron chi connectivity index (χ2n) is 6.67. The molecule has 0 spiro atoms. The molecule has 0 aromatic heterocycles. The van der Waals surface area contributed by atoms with E-state index in [9.17, 15) is 4.79 Å². The van der Waals surface area contributed by atoms with E-state index < -0.39 is 0 Å². The summed E-state index contributed by atoms with van der Waals surface area (Å²) < 4.78 is 11.2. The number of benzene rings is 2. The maximum atomic E-state index is 12.3. The molecule has 0 atom stereocenters. The first-order valence-corrected chi connectivity index (χ1v) is 9.13. The molecule has 1 aliphatic carbocycles. The molecule has 0 bridgehead atoms. The minimum Gasteiger partial charge on any atom is -0.497 e. The molecule has 6 heteroatoms. The Bertz CT molecular complexity index is 761. The number of hydrogen-bond acceptors (Lipinski definition) is 4. The van der Waals surface area contributed by atoms with Gasteiger partial charge in [-0.2, -0.15) is 0 Å². The van der Waals surface area contributed by atoms with E-state index in [4.69, 9.17) is 15.2 Å². The minimum atomic E-state index is -0.0768. The first kappa shape index (κ1) is 20.9. The molecule has 1 amide bonds. The van der Waals surface area contributed by atoms with E-state index in [0.717, 1.165) is 24.2 Å². The van der Waals surface area contributed by atoms with Crippen LogP contribution in [0.2, 0.25) is 0 Å². The van der Waals surface area contributed by atoms with Crippen LogP contribution in [-0.4, -0.2) is 19.1 Å². The van der Waals surface area contributed by atoms with E-state index >= 15 is 0 Å². The zero-order chi connectivity index (χ0) is 18.4. The Morgan fingerprint density at radius 1 is 1.15 bits per heavy atom. The fourth-order valence-electron chi connectivity index (χ4n) is 3.21. The van der Waals surface area contributed by atoms with Gasteiger partial charge in [-0.05, 0) is 61.9 Å². The number of aryl methyl sites for hydroxylation is 1. The lowest BCUT2D eigenvalue weighted by Crippen LogP contribution is -2.14. The van der Waals surface area contributed by atoms with Gasteiger partial charge in [0.25, 0.3) is 0 Å². The number of hydrogen-bond donors (Lipinski definition) is 2. The van der Waals surface area contributed by atoms with E-state index in [-0.39, 0.29) is 18.3 Å². The number of carbonyl (C=O) groups excluding carboxylic acids is 1. The topological polar surface area (TPSA) is 73.6 Å². The number of rotatable bonds is 7. The van der Waals surface area contributed by atoms with Crippen molar-refractivity contribution in [3.8, 4) is 11.5 Å². The van der Waals surface area contributed by atoms with Gasteiger partial charge in [0, 0.05) is 12.5 Å². The molecule has 146 valence electrons. The van der Waals surface area contributed by atoms with Gasteiger partial charge in [-0.1, -0.05) is 12.1 Å². The summed E-state index contributed by atoms with van der Waals surface area (Å²) in [5.41, 5.74) is 8.10. The molecule has 5 nitrogen and oxygen atoms in total. The molecular formula is C21H27ClN2O3. The fourth-order valence-corrected chi connectivity index (χ4v) is 3.21. The molecule has 3 rings (SSSR count). The Balaban J connectivity index is 0.00000261. The Morgan fingerprint density at radius 3 is 2.67 bits per heavy atom. The molecule has 0 heterocycles. The quantitative estimate of drug-likeness (QED) is 0.678. The van der Waals surface area contributed by atoms with Crippen LogP contribution >= 0.6 is 12.4 Å². The third kappa shape index (κ3) is 6.07. The van der Waals surface area contributed by atoms with Crippen molar-refractivity contribution in [3.05, 3.63) is 48.0 Å². The first-order valence-electron chi connectivity index (χ1n) is 9.13. The monoisotopic (exact) mass is 390 g/mol. The van der Waals surface area contributed by atoms with Crippen molar-refractivity contribution in [2.45, 2.75) is 44.6 Å². The molecule has 1 saturated carbocycles. The van der Waals surface area contributed by atoms with Gasteiger partial charge in [-0.15, -0.1) is 12.4 Å². The highest BCUT2D eigenvalue weighted by Gasteiger charge is 2.16. The molecule has 2 aromatic rings. The molecule has 0 unspecified atom stereocenters. The average molecular weight is 391 g/mol. The van der Waals surface area contributed by atoms with Gasteiger partial charge in [0.05, 0.1) is 24.6 Å². The van der Waals surface area contributed by atoms with Crippen molar-refractivity contribution >= 4 is 29.7 Å². The van der Waals surface area contributed by atoms with Crippen LogP contribution in [0.15, 0.2) is 42.5 Å². The highest BCUT2D eigenvalue weighted by Crippen LogP contribution is 2.26. The van der Waals surface area contributed by atoms with Crippen LogP contribution in [0.1, 0.15) is 37.7 Å². The molecular weight excluding hydrogens is 364 g/mol. The normalized spacial score (nSPS) is 13.7. The lowest BCUT2D eigenvalue weighted by atomic mass is 10.1. The van der Waals surface area contributed by atoms with Gasteiger partial charge >= 0.3 is 0 Å². The van der Waals surface area contributed by atoms with E-state index in [2.05, 4.69) is 5.32 Å². The number of nitrogens with two attached hydrogens (primary N) is 1. The summed E-state index contributed by atoms with van der Waals surface area (Å²) in [5.74, 6) is 1.48. The van der Waals surface area contributed by atoms with E-state index in [0.29, 0.717) is 36.1 Å². The number of amides is 1. The molecule has 0 aliphatic heterocycles. The van der Waals surface area contributed by atoms with Crippen molar-refractivity contribution in [2.75, 3.05) is 18.2 Å². The van der Waals surface area contributed by atoms with Crippen molar-refractivity contribution in [3.63, 3.8) is 0 Å². The standard InChI is InChI=1S/C21H26N2O3.ClH/c1-25-17-10-11-19(22)20(14-17)23-21(24)12-9-15-5-4-8-18(13-15)26-16-6-2-3-7-16;/h4-5,8,10-11,13-14,16H,2-3,6-7,9,12,22H2,1H3,(H,23,24);1H. The van der Waals surface area contributed by atoms with Crippen LogP contribution in [0.3, 0.4) is 0 Å². The summed E-state index contributed by atoms with van der Waals surface area (Å²) >= 11 is 0. The molecule has 0 saturated heterocycles. The van der Waals surface area contributed by atoms with Crippen LogP contribution in [0, 0.1) is 0 Å². The van der Waals surface area contributed by atoms with Crippen LogP contribution in [-0.2, 0) is 11.2 Å². The third-order valence-electron chi connectivity index (χ3n) is 4.68. The van der Waals surface area contributed by atoms with Gasteiger partial charge in [-0.3, -0.25) is 4.79 Å². The fraction of sp³-hybridized carbons (Fsp3) is 0.381. The lowest BCUT2D eigenvalue weighted by Gasteiger charge is -2.14. The molecule has 27 heavy (non-hydrogen) atoms. The second kappa shape index (κ2) is 10.1. The number of methoxy groups -OCH3 is 1. The van der Waals surface area contributed by atoms with Crippen LogP contribution < -0.4 is 20.5 Å². The highest BCUT2D eigenvalue weighted by molar-refractivity contribution is 5.94. The number of carbonyl (C=O) groups is 1. The van der Waals surface area contributed by atoms with Crippen LogP contribution in [0.25, 0.3) is 0 Å². The summed E-state index contributed by atoms with van der Waals surface area (Å²) in [6.45, 7) is 0. The number of nitrogens with one attached hydrogen (secondary N) is 1. The number of ether oxygens (including phenoxy) is 2. The molecule has 0 radical (unpaired) electrons. The number of halogens is 1. The predicted molar refractivity (Wildman–Crippen MR) is 111 cm³/mol. The Labute approximate surface area is 166 Å². The Kier molecular flexibility index (Phi) is 7.80. The summed E-state index contributed by atoms with van der Waals surface area (Å²) in [7, 11) is 1.58. The summed E-state index contributed by atoms with van der Waals surface area (Å²) in [6.07, 6.45) is 6.13. The summed E-state index contributed by atoms with van der Waals surface area (Å²) in [4.78, 5) is 12.3. The second-order valence-corrected chi connectivity index (χ2v) is 6.67. The summed E-state index contributed by atoms with van der Waals surface area (Å²) in [5, 5.41) is 2.85. The maximum Gasteiger partial charge on any atom is 0.224 e. The van der Waals surface area contributed by atoms with Crippen molar-refractivity contribution in [1.29, 1.82) is 0 Å². The molecule has 1 fully saturated rings. The zero-order valence-electron chi connectivity index (χ0n) is 15.6. The van der Waals surface area contributed by atoms with E-state index in [1.54, 1.807) is 25.3 Å². The van der Waals surface area contributed by atoms with Gasteiger partial charge in [0.1, 0.15) is 11.5 Å². The van der Waals surface area contributed by atoms with Crippen molar-refractivity contribution in [1.82, 2.24) is 0 Å². The molecule has 3 N–H and O–H groups in total. The Hall–Kier alpha value is -2.40. The van der Waals surface area contributed by atoms with Gasteiger partial charge in [0.15, 0.2) is 0 Å². The van der Waals surface area contributed by atoms with Crippen molar-refractivity contribution < 1.29 is 14.3 Å². The van der Waals surface area contributed by atoms with Gasteiger partial charge in [-0.25, -0.2) is 0 Å². The van der Waals surface area contributed by atoms with E-state index in [1.165, 1.54) is 12.8 Å². The highest BCUT2D eigenvalue weighted by atomic mass is 35.5. The third-order valence-corrected chi connectivity index (χ3v) is 4.68. The minimum absolute atomic E-state index is 0. The maximum absolute atomic E-state index is 12.3. The van der Waals surface area contributed by atoms with Gasteiger partial charge < -0.3 is 20.5 Å². The number of anilines is 2. The first-order chi connectivity index (χ1) is 12.6. The average Bonchev–Trinajstić information content (AvgIpc) is 3.15. The molecule has 2 aromatic carbocycles. The largest absolute Gasteiger partial charge is 0.497 e. The van der Waals surface area contributed by atoms with Gasteiger partial charge in [0.2, 0.25) is 5.91 Å². The zero-order valence-corrected chi connectivity index (χ0v) is 16.4. The smallest absolute Gasteiger partial charge is 0.224 e. The van der Waals surface area contributed by atoms with Crippen LogP contribution in [0.5, 0.6) is 11.5 Å².